The van der Waals surface area contributed by atoms with Crippen molar-refractivity contribution in [3.63, 3.8) is 0 Å². The molecule has 1 heterocycles. The van der Waals surface area contributed by atoms with E-state index in [1.807, 2.05) is 0 Å². The normalized spacial score (nSPS) is 25.1. The second-order valence-corrected chi connectivity index (χ2v) is 3.27. The highest BCUT2D eigenvalue weighted by Gasteiger charge is 2.45. The third kappa shape index (κ3) is 2.39. The summed E-state index contributed by atoms with van der Waals surface area (Å²) in [5, 5.41) is 8.34. The molecule has 6 nitrogen and oxygen atoms in total. The number of carbonyl (C=O) groups excluding carboxylic acids is 3. The SMILES string of the molecule is CC1OC(=O)C(C(=O)CCC(=O)O)C1=O. The highest BCUT2D eigenvalue weighted by Crippen LogP contribution is 2.19. The molecule has 1 aliphatic rings. The summed E-state index contributed by atoms with van der Waals surface area (Å²) in [5.41, 5.74) is 0. The molecule has 1 N–H and O–H groups in total. The molecule has 0 amide bonds. The van der Waals surface area contributed by atoms with E-state index >= 15 is 0 Å². The van der Waals surface area contributed by atoms with Gasteiger partial charge in [0, 0.05) is 6.42 Å². The molecule has 0 aromatic rings. The van der Waals surface area contributed by atoms with Crippen LogP contribution in [-0.2, 0) is 23.9 Å². The summed E-state index contributed by atoms with van der Waals surface area (Å²) < 4.78 is 4.56. The topological polar surface area (TPSA) is 97.7 Å². The molecule has 0 aromatic carbocycles. The molecule has 0 aliphatic carbocycles. The zero-order chi connectivity index (χ0) is 11.6. The summed E-state index contributed by atoms with van der Waals surface area (Å²) in [5.74, 6) is -4.70. The largest absolute Gasteiger partial charge is 0.481 e. The number of ether oxygens (including phenoxy) is 1. The number of carboxylic acid groups (broad SMARTS) is 1. The monoisotopic (exact) mass is 214 g/mol. The van der Waals surface area contributed by atoms with Crippen LogP contribution in [0.25, 0.3) is 0 Å². The van der Waals surface area contributed by atoms with Crippen LogP contribution >= 0.6 is 0 Å². The standard InChI is InChI=1S/C9H10O6/c1-4-8(13)7(9(14)15-4)5(10)2-3-6(11)12/h4,7H,2-3H2,1H3,(H,11,12). The van der Waals surface area contributed by atoms with Crippen LogP contribution in [0.5, 0.6) is 0 Å². The first kappa shape index (κ1) is 11.4. The predicted molar refractivity (Wildman–Crippen MR) is 45.9 cm³/mol. The first-order valence-electron chi connectivity index (χ1n) is 4.42. The minimum absolute atomic E-state index is 0.326. The van der Waals surface area contributed by atoms with Gasteiger partial charge in [0.1, 0.15) is 0 Å². The highest BCUT2D eigenvalue weighted by molar-refractivity contribution is 6.21. The molecule has 0 spiro atoms. The molecule has 0 bridgehead atoms. The van der Waals surface area contributed by atoms with Gasteiger partial charge in [0.2, 0.25) is 0 Å². The number of carboxylic acids is 1. The van der Waals surface area contributed by atoms with Gasteiger partial charge in [0.25, 0.3) is 0 Å². The Kier molecular flexibility index (Phi) is 3.18. The van der Waals surface area contributed by atoms with E-state index in [1.165, 1.54) is 6.92 Å². The second-order valence-electron chi connectivity index (χ2n) is 3.27. The minimum atomic E-state index is -1.42. The van der Waals surface area contributed by atoms with E-state index in [-0.39, 0.29) is 12.8 Å². The number of ketones is 2. The van der Waals surface area contributed by atoms with E-state index in [9.17, 15) is 19.2 Å². The molecule has 1 saturated heterocycles. The Balaban J connectivity index is 2.63. The lowest BCUT2D eigenvalue weighted by Crippen LogP contribution is -2.27. The molecule has 0 saturated carbocycles. The molecule has 1 rings (SSSR count). The summed E-state index contributed by atoms with van der Waals surface area (Å²) in [7, 11) is 0. The van der Waals surface area contributed by atoms with Crippen LogP contribution in [0.4, 0.5) is 0 Å². The van der Waals surface area contributed by atoms with Gasteiger partial charge in [-0.2, -0.15) is 0 Å². The Labute approximate surface area is 85.2 Å². The quantitative estimate of drug-likeness (QED) is 0.502. The van der Waals surface area contributed by atoms with Crippen LogP contribution in [-0.4, -0.2) is 34.7 Å². The van der Waals surface area contributed by atoms with E-state index < -0.39 is 35.5 Å². The van der Waals surface area contributed by atoms with Crippen molar-refractivity contribution in [3.8, 4) is 0 Å². The van der Waals surface area contributed by atoms with Gasteiger partial charge >= 0.3 is 11.9 Å². The number of rotatable bonds is 4. The Hall–Kier alpha value is -1.72. The van der Waals surface area contributed by atoms with Gasteiger partial charge in [-0.25, -0.2) is 0 Å². The van der Waals surface area contributed by atoms with Gasteiger partial charge < -0.3 is 9.84 Å². The average Bonchev–Trinajstić information content (AvgIpc) is 2.37. The molecule has 2 atom stereocenters. The molecule has 1 aliphatic heterocycles. The molecule has 1 fully saturated rings. The highest BCUT2D eigenvalue weighted by atomic mass is 16.6. The maximum absolute atomic E-state index is 11.3. The van der Waals surface area contributed by atoms with Crippen LogP contribution < -0.4 is 0 Å². The summed E-state index contributed by atoms with van der Waals surface area (Å²) in [4.78, 5) is 43.9. The van der Waals surface area contributed by atoms with Crippen LogP contribution in [0.3, 0.4) is 0 Å². The van der Waals surface area contributed by atoms with Gasteiger partial charge in [0.15, 0.2) is 23.6 Å². The van der Waals surface area contributed by atoms with Gasteiger partial charge in [-0.3, -0.25) is 19.2 Å². The van der Waals surface area contributed by atoms with Crippen molar-refractivity contribution in [2.24, 2.45) is 5.92 Å². The lowest BCUT2D eigenvalue weighted by atomic mass is 9.96. The first-order valence-corrected chi connectivity index (χ1v) is 4.42. The molecule has 2 unspecified atom stereocenters. The van der Waals surface area contributed by atoms with Gasteiger partial charge in [-0.15, -0.1) is 0 Å². The smallest absolute Gasteiger partial charge is 0.324 e. The van der Waals surface area contributed by atoms with Gasteiger partial charge in [-0.1, -0.05) is 0 Å². The lowest BCUT2D eigenvalue weighted by Gasteiger charge is -2.00. The Morgan fingerprint density at radius 2 is 1.93 bits per heavy atom. The van der Waals surface area contributed by atoms with E-state index in [0.29, 0.717) is 0 Å². The third-order valence-electron chi connectivity index (χ3n) is 2.12. The Morgan fingerprint density at radius 3 is 2.33 bits per heavy atom. The number of hydrogen-bond acceptors (Lipinski definition) is 5. The van der Waals surface area contributed by atoms with Crippen LogP contribution in [0.15, 0.2) is 0 Å². The maximum Gasteiger partial charge on any atom is 0.324 e. The molecule has 15 heavy (non-hydrogen) atoms. The van der Waals surface area contributed by atoms with Crippen molar-refractivity contribution in [1.29, 1.82) is 0 Å². The van der Waals surface area contributed by atoms with Crippen molar-refractivity contribution in [2.75, 3.05) is 0 Å². The van der Waals surface area contributed by atoms with Crippen molar-refractivity contribution in [2.45, 2.75) is 25.9 Å². The fourth-order valence-electron chi connectivity index (χ4n) is 1.32. The van der Waals surface area contributed by atoms with Crippen molar-refractivity contribution in [3.05, 3.63) is 0 Å². The molecule has 6 heteroatoms. The molecule has 82 valence electrons. The predicted octanol–water partition coefficient (Wildman–Crippen LogP) is -0.449. The number of aliphatic carboxylic acids is 1. The number of cyclic esters (lactones) is 1. The zero-order valence-corrected chi connectivity index (χ0v) is 8.06. The van der Waals surface area contributed by atoms with Crippen molar-refractivity contribution >= 4 is 23.5 Å². The Morgan fingerprint density at radius 1 is 1.33 bits per heavy atom. The molecular formula is C9H10O6. The summed E-state index contributed by atoms with van der Waals surface area (Å²) in [6.45, 7) is 1.38. The zero-order valence-electron chi connectivity index (χ0n) is 8.06. The summed E-state index contributed by atoms with van der Waals surface area (Å²) in [6, 6.07) is 0. The minimum Gasteiger partial charge on any atom is -0.481 e. The molecule has 0 radical (unpaired) electrons. The van der Waals surface area contributed by atoms with Crippen molar-refractivity contribution < 1.29 is 29.0 Å². The second kappa shape index (κ2) is 4.20. The number of esters is 1. The van der Waals surface area contributed by atoms with Crippen LogP contribution in [0, 0.1) is 5.92 Å². The number of Topliss-reactive ketones (excluding diaryl/α,β-unsaturated/α-hetero) is 2. The van der Waals surface area contributed by atoms with E-state index in [2.05, 4.69) is 4.74 Å². The molecule has 0 aromatic heterocycles. The lowest BCUT2D eigenvalue weighted by molar-refractivity contribution is -0.147. The Bertz CT molecular complexity index is 331. The van der Waals surface area contributed by atoms with E-state index in [4.69, 9.17) is 5.11 Å². The first-order chi connectivity index (χ1) is 6.93. The van der Waals surface area contributed by atoms with E-state index in [1.54, 1.807) is 0 Å². The number of carbonyl (C=O) groups is 4. The molecular weight excluding hydrogens is 204 g/mol. The van der Waals surface area contributed by atoms with Crippen molar-refractivity contribution in [1.82, 2.24) is 0 Å². The van der Waals surface area contributed by atoms with Gasteiger partial charge in [-0.05, 0) is 6.92 Å². The van der Waals surface area contributed by atoms with Crippen LogP contribution in [0.2, 0.25) is 0 Å². The summed E-state index contributed by atoms with van der Waals surface area (Å²) >= 11 is 0. The van der Waals surface area contributed by atoms with E-state index in [0.717, 1.165) is 0 Å². The van der Waals surface area contributed by atoms with Gasteiger partial charge in [0.05, 0.1) is 6.42 Å². The fraction of sp³-hybridized carbons (Fsp3) is 0.556. The number of hydrogen-bond donors (Lipinski definition) is 1. The fourth-order valence-corrected chi connectivity index (χ4v) is 1.32. The summed E-state index contributed by atoms with van der Waals surface area (Å²) in [6.07, 6.45) is -1.62. The average molecular weight is 214 g/mol. The van der Waals surface area contributed by atoms with Crippen LogP contribution in [0.1, 0.15) is 19.8 Å². The maximum atomic E-state index is 11.3. The third-order valence-corrected chi connectivity index (χ3v) is 2.12.